The predicted octanol–water partition coefficient (Wildman–Crippen LogP) is 7.11. The zero-order valence-corrected chi connectivity index (χ0v) is 27.4. The molecule has 0 spiro atoms. The number of benzene rings is 5. The highest BCUT2D eigenvalue weighted by molar-refractivity contribution is 9.10. The molecule has 44 heavy (non-hydrogen) atoms. The highest BCUT2D eigenvalue weighted by Crippen LogP contribution is 2.48. The van der Waals surface area contributed by atoms with Gasteiger partial charge in [-0.2, -0.15) is 0 Å². The van der Waals surface area contributed by atoms with Crippen molar-refractivity contribution >= 4 is 96.0 Å². The minimum absolute atomic E-state index is 0.198. The van der Waals surface area contributed by atoms with E-state index in [4.69, 9.17) is 0 Å². The fourth-order valence-electron chi connectivity index (χ4n) is 7.71. The third-order valence-electron chi connectivity index (χ3n) is 9.88. The molecule has 6 nitrogen and oxygen atoms in total. The van der Waals surface area contributed by atoms with Crippen LogP contribution in [-0.4, -0.2) is 53.4 Å². The Morgan fingerprint density at radius 2 is 1.05 bits per heavy atom. The van der Waals surface area contributed by atoms with Crippen molar-refractivity contribution in [3.63, 3.8) is 0 Å². The number of rotatable bonds is 8. The van der Waals surface area contributed by atoms with Crippen LogP contribution in [0.2, 0.25) is 0 Å². The molecule has 7 rings (SSSR count). The zero-order valence-electron chi connectivity index (χ0n) is 25.8. The van der Waals surface area contributed by atoms with Gasteiger partial charge in [-0.1, -0.05) is 79.1 Å². The van der Waals surface area contributed by atoms with E-state index in [0.29, 0.717) is 33.0 Å². The summed E-state index contributed by atoms with van der Waals surface area (Å²) in [5.41, 5.74) is 3.05. The summed E-state index contributed by atoms with van der Waals surface area (Å²) in [5, 5.41) is 6.71. The third-order valence-corrected chi connectivity index (χ3v) is 10.5. The molecule has 4 amide bonds. The average Bonchev–Trinajstić information content (AvgIpc) is 3.00. The molecular weight excluding hydrogens is 615 g/mol. The van der Waals surface area contributed by atoms with Crippen LogP contribution in [0.1, 0.15) is 108 Å². The molecule has 0 fully saturated rings. The summed E-state index contributed by atoms with van der Waals surface area (Å²) in [4.78, 5) is 58.6. The van der Waals surface area contributed by atoms with Gasteiger partial charge >= 0.3 is 0 Å². The number of hydrogen-bond acceptors (Lipinski definition) is 4. The monoisotopic (exact) mass is 648 g/mol. The predicted molar refractivity (Wildman–Crippen MR) is 183 cm³/mol. The SMILES string of the molecule is Bc1cc2c3c(ccc4c5c(Br)cc6c7c(ccc(c1c34)c75)C(=O)N(C(C)CCCC)C6=O)C(=O)N(C(C)CCCC)C2=O. The topological polar surface area (TPSA) is 74.8 Å². The maximum Gasteiger partial charge on any atom is 0.261 e. The molecule has 8 heteroatoms. The second-order valence-corrected chi connectivity index (χ2v) is 13.5. The lowest BCUT2D eigenvalue weighted by atomic mass is 9.77. The molecule has 0 aromatic heterocycles. The number of fused-ring (bicyclic) bond motifs is 2. The number of halogens is 1. The molecule has 5 aromatic rings. The minimum atomic E-state index is -0.267. The number of carbonyl (C=O) groups excluding carboxylic acids is 4. The second kappa shape index (κ2) is 10.4. The largest absolute Gasteiger partial charge is 0.272 e. The van der Waals surface area contributed by atoms with Gasteiger partial charge in [0.1, 0.15) is 7.85 Å². The summed E-state index contributed by atoms with van der Waals surface area (Å²) in [7, 11) is 2.00. The first-order valence-electron chi connectivity index (χ1n) is 15.8. The Hall–Kier alpha value is -3.78. The standard InChI is InChI=1S/C36H34BBrN2O4/c1-5-7-9-17(3)39-33(41)21-14-12-20-30-26(38)16-24-28-22(34(42)40(36(24)44)18(4)10-8-6-2)13-11-19(32(28)30)29-25(37)15-23(35(39)43)27(21)31(20)29/h11-18H,5-10,37H2,1-4H3. The van der Waals surface area contributed by atoms with Gasteiger partial charge in [0.15, 0.2) is 0 Å². The normalized spacial score (nSPS) is 16.4. The Morgan fingerprint density at radius 1 is 0.614 bits per heavy atom. The first kappa shape index (κ1) is 29.0. The van der Waals surface area contributed by atoms with Gasteiger partial charge in [0, 0.05) is 60.4 Å². The van der Waals surface area contributed by atoms with Crippen LogP contribution in [0.25, 0.3) is 43.1 Å². The van der Waals surface area contributed by atoms with Gasteiger partial charge in [-0.25, -0.2) is 0 Å². The van der Waals surface area contributed by atoms with Crippen molar-refractivity contribution in [3.05, 3.63) is 63.1 Å². The molecule has 2 heterocycles. The Kier molecular flexibility index (Phi) is 6.85. The molecule has 222 valence electrons. The van der Waals surface area contributed by atoms with E-state index in [2.05, 4.69) is 29.8 Å². The Morgan fingerprint density at radius 3 is 1.55 bits per heavy atom. The molecule has 0 aliphatic carbocycles. The molecule has 2 aliphatic heterocycles. The molecule has 5 aromatic carbocycles. The van der Waals surface area contributed by atoms with Gasteiger partial charge in [0.25, 0.3) is 23.6 Å². The maximum absolute atomic E-state index is 14.0. The van der Waals surface area contributed by atoms with Crippen molar-refractivity contribution < 1.29 is 19.2 Å². The smallest absolute Gasteiger partial charge is 0.261 e. The molecule has 2 unspecified atom stereocenters. The van der Waals surface area contributed by atoms with Crippen molar-refractivity contribution in [1.82, 2.24) is 9.80 Å². The van der Waals surface area contributed by atoms with Crippen LogP contribution >= 0.6 is 15.9 Å². The molecule has 0 saturated carbocycles. The fraction of sp³-hybridized carbons (Fsp3) is 0.333. The molecule has 0 bridgehead atoms. The van der Waals surface area contributed by atoms with E-state index in [0.717, 1.165) is 80.8 Å². The highest BCUT2D eigenvalue weighted by Gasteiger charge is 2.40. The lowest BCUT2D eigenvalue weighted by Crippen LogP contribution is -2.46. The lowest BCUT2D eigenvalue weighted by Gasteiger charge is -2.34. The van der Waals surface area contributed by atoms with E-state index in [9.17, 15) is 19.2 Å². The maximum atomic E-state index is 14.0. The quantitative estimate of drug-likeness (QED) is 0.0778. The molecule has 2 atom stereocenters. The van der Waals surface area contributed by atoms with Crippen LogP contribution in [0.3, 0.4) is 0 Å². The molecule has 0 N–H and O–H groups in total. The van der Waals surface area contributed by atoms with Gasteiger partial charge in [0.05, 0.1) is 0 Å². The zero-order chi connectivity index (χ0) is 31.2. The van der Waals surface area contributed by atoms with Crippen LogP contribution in [0.15, 0.2) is 40.9 Å². The van der Waals surface area contributed by atoms with Crippen LogP contribution in [0, 0.1) is 0 Å². The number of amides is 4. The van der Waals surface area contributed by atoms with Crippen molar-refractivity contribution in [2.45, 2.75) is 78.3 Å². The Balaban J connectivity index is 1.54. The van der Waals surface area contributed by atoms with Crippen LogP contribution in [0.4, 0.5) is 0 Å². The van der Waals surface area contributed by atoms with E-state index in [-0.39, 0.29) is 35.7 Å². The minimum Gasteiger partial charge on any atom is -0.272 e. The van der Waals surface area contributed by atoms with Crippen LogP contribution in [0.5, 0.6) is 0 Å². The summed E-state index contributed by atoms with van der Waals surface area (Å²) in [5.74, 6) is -1.03. The Labute approximate surface area is 265 Å². The van der Waals surface area contributed by atoms with Crippen LogP contribution < -0.4 is 5.46 Å². The molecule has 0 saturated heterocycles. The van der Waals surface area contributed by atoms with E-state index in [1.807, 2.05) is 58.1 Å². The number of imide groups is 2. The summed E-state index contributed by atoms with van der Waals surface area (Å²) in [6, 6.07) is 11.0. The first-order chi connectivity index (χ1) is 21.1. The third kappa shape index (κ3) is 3.79. The summed E-state index contributed by atoms with van der Waals surface area (Å²) in [6.07, 6.45) is 5.39. The summed E-state index contributed by atoms with van der Waals surface area (Å²) >= 11 is 3.81. The van der Waals surface area contributed by atoms with Gasteiger partial charge in [-0.3, -0.25) is 29.0 Å². The van der Waals surface area contributed by atoms with Crippen molar-refractivity contribution in [3.8, 4) is 0 Å². The van der Waals surface area contributed by atoms with Crippen LogP contribution in [-0.2, 0) is 0 Å². The van der Waals surface area contributed by atoms with E-state index in [1.165, 1.54) is 9.80 Å². The van der Waals surface area contributed by atoms with Gasteiger partial charge in [0.2, 0.25) is 0 Å². The molecule has 0 radical (unpaired) electrons. The van der Waals surface area contributed by atoms with E-state index in [1.54, 1.807) is 0 Å². The highest BCUT2D eigenvalue weighted by atomic mass is 79.9. The fourth-order valence-corrected chi connectivity index (χ4v) is 8.36. The van der Waals surface area contributed by atoms with Gasteiger partial charge in [-0.05, 0) is 66.4 Å². The number of hydrogen-bond donors (Lipinski definition) is 0. The number of unbranched alkanes of at least 4 members (excludes halogenated alkanes) is 2. The van der Waals surface area contributed by atoms with Crippen molar-refractivity contribution in [1.29, 1.82) is 0 Å². The van der Waals surface area contributed by atoms with Crippen molar-refractivity contribution in [2.75, 3.05) is 0 Å². The number of nitrogens with zero attached hydrogens (tertiary/aromatic N) is 2. The van der Waals surface area contributed by atoms with Crippen molar-refractivity contribution in [2.24, 2.45) is 0 Å². The Bertz CT molecular complexity index is 1950. The lowest BCUT2D eigenvalue weighted by molar-refractivity contribution is 0.0527. The first-order valence-corrected chi connectivity index (χ1v) is 16.6. The van der Waals surface area contributed by atoms with Gasteiger partial charge < -0.3 is 0 Å². The van der Waals surface area contributed by atoms with E-state index < -0.39 is 0 Å². The average molecular weight is 649 g/mol. The van der Waals surface area contributed by atoms with E-state index >= 15 is 0 Å². The summed E-state index contributed by atoms with van der Waals surface area (Å²) in [6.45, 7) is 8.11. The number of carbonyl (C=O) groups is 4. The molecular formula is C36H34BBrN2O4. The van der Waals surface area contributed by atoms with Gasteiger partial charge in [-0.15, -0.1) is 0 Å². The second-order valence-electron chi connectivity index (χ2n) is 12.7. The summed E-state index contributed by atoms with van der Waals surface area (Å²) < 4.78 is 0.745. The molecule has 2 aliphatic rings.